The van der Waals surface area contributed by atoms with Crippen LogP contribution in [0, 0.1) is 6.92 Å². The molecule has 64 valence electrons. The van der Waals surface area contributed by atoms with Gasteiger partial charge in [-0.05, 0) is 35.8 Å². The zero-order chi connectivity index (χ0) is 9.14. The molecule has 0 unspecified atom stereocenters. The third kappa shape index (κ3) is 1.89. The fourth-order valence-electron chi connectivity index (χ4n) is 1.12. The molecular formula is C10H11BrO. The molecule has 0 atom stereocenters. The Morgan fingerprint density at radius 2 is 2.25 bits per heavy atom. The summed E-state index contributed by atoms with van der Waals surface area (Å²) in [5.41, 5.74) is 3.19. The van der Waals surface area contributed by atoms with Crippen molar-refractivity contribution in [2.45, 2.75) is 6.92 Å². The number of hydrogen-bond donors (Lipinski definition) is 1. The number of phenolic OH excluding ortho intramolecular Hbond substituents is 1. The standard InChI is InChI=1S/C10H11BrO/c1-7-5-9(12)3-4-10(7)8(2)6-11/h3-5,12H,2,6H2,1H3. The summed E-state index contributed by atoms with van der Waals surface area (Å²) < 4.78 is 0. The highest BCUT2D eigenvalue weighted by molar-refractivity contribution is 9.09. The first-order valence-corrected chi connectivity index (χ1v) is 4.81. The van der Waals surface area contributed by atoms with Gasteiger partial charge in [-0.15, -0.1) is 0 Å². The van der Waals surface area contributed by atoms with E-state index in [0.717, 1.165) is 22.0 Å². The molecule has 0 heterocycles. The fourth-order valence-corrected chi connectivity index (χ4v) is 1.42. The van der Waals surface area contributed by atoms with Crippen LogP contribution in [0.1, 0.15) is 11.1 Å². The van der Waals surface area contributed by atoms with E-state index >= 15 is 0 Å². The van der Waals surface area contributed by atoms with Gasteiger partial charge in [0.25, 0.3) is 0 Å². The SMILES string of the molecule is C=C(CBr)c1ccc(O)cc1C. The minimum atomic E-state index is 0.304. The van der Waals surface area contributed by atoms with E-state index in [2.05, 4.69) is 22.5 Å². The third-order valence-electron chi connectivity index (χ3n) is 1.75. The molecule has 0 aliphatic carbocycles. The summed E-state index contributed by atoms with van der Waals surface area (Å²) in [4.78, 5) is 0. The Bertz CT molecular complexity index is 305. The largest absolute Gasteiger partial charge is 0.508 e. The zero-order valence-corrected chi connectivity index (χ0v) is 8.56. The number of benzene rings is 1. The average Bonchev–Trinajstić information content (AvgIpc) is 2.03. The Morgan fingerprint density at radius 1 is 1.58 bits per heavy atom. The molecule has 0 spiro atoms. The van der Waals surface area contributed by atoms with Gasteiger partial charge in [-0.2, -0.15) is 0 Å². The van der Waals surface area contributed by atoms with Crippen molar-refractivity contribution in [1.29, 1.82) is 0 Å². The number of phenols is 1. The summed E-state index contributed by atoms with van der Waals surface area (Å²) >= 11 is 3.34. The van der Waals surface area contributed by atoms with E-state index in [4.69, 9.17) is 5.11 Å². The highest BCUT2D eigenvalue weighted by Crippen LogP contribution is 2.22. The first-order valence-electron chi connectivity index (χ1n) is 3.69. The molecule has 0 saturated carbocycles. The highest BCUT2D eigenvalue weighted by atomic mass is 79.9. The lowest BCUT2D eigenvalue weighted by Gasteiger charge is -2.06. The van der Waals surface area contributed by atoms with Gasteiger partial charge in [-0.1, -0.05) is 28.6 Å². The number of aryl methyl sites for hydroxylation is 1. The maximum atomic E-state index is 9.15. The Hall–Kier alpha value is -0.760. The fraction of sp³-hybridized carbons (Fsp3) is 0.200. The minimum Gasteiger partial charge on any atom is -0.508 e. The smallest absolute Gasteiger partial charge is 0.115 e. The van der Waals surface area contributed by atoms with E-state index < -0.39 is 0 Å². The molecule has 12 heavy (non-hydrogen) atoms. The van der Waals surface area contributed by atoms with E-state index in [9.17, 15) is 0 Å². The number of halogens is 1. The summed E-state index contributed by atoms with van der Waals surface area (Å²) in [5, 5.41) is 9.91. The lowest BCUT2D eigenvalue weighted by molar-refractivity contribution is 0.475. The molecule has 1 aromatic carbocycles. The van der Waals surface area contributed by atoms with Crippen LogP contribution in [0.3, 0.4) is 0 Å². The van der Waals surface area contributed by atoms with E-state index in [1.165, 1.54) is 0 Å². The van der Waals surface area contributed by atoms with E-state index in [0.29, 0.717) is 5.75 Å². The van der Waals surface area contributed by atoms with Crippen molar-refractivity contribution in [3.63, 3.8) is 0 Å². The molecule has 0 aliphatic rings. The molecule has 0 saturated heterocycles. The van der Waals surface area contributed by atoms with Gasteiger partial charge in [0, 0.05) is 5.33 Å². The number of alkyl halides is 1. The normalized spacial score (nSPS) is 9.83. The van der Waals surface area contributed by atoms with Gasteiger partial charge in [0.15, 0.2) is 0 Å². The second-order valence-electron chi connectivity index (χ2n) is 2.74. The van der Waals surface area contributed by atoms with Crippen LogP contribution >= 0.6 is 15.9 Å². The van der Waals surface area contributed by atoms with Crippen molar-refractivity contribution in [3.8, 4) is 5.75 Å². The molecule has 1 N–H and O–H groups in total. The first-order chi connectivity index (χ1) is 5.65. The molecule has 2 heteroatoms. The maximum absolute atomic E-state index is 9.15. The zero-order valence-electron chi connectivity index (χ0n) is 6.97. The lowest BCUT2D eigenvalue weighted by Crippen LogP contribution is -1.87. The van der Waals surface area contributed by atoms with Crippen LogP contribution < -0.4 is 0 Å². The molecular weight excluding hydrogens is 216 g/mol. The summed E-state index contributed by atoms with van der Waals surface area (Å²) in [6, 6.07) is 5.30. The monoisotopic (exact) mass is 226 g/mol. The predicted octanol–water partition coefficient (Wildman–Crippen LogP) is 3.11. The summed E-state index contributed by atoms with van der Waals surface area (Å²) in [7, 11) is 0. The van der Waals surface area contributed by atoms with Crippen molar-refractivity contribution >= 4 is 21.5 Å². The Balaban J connectivity index is 3.09. The molecule has 1 aromatic rings. The highest BCUT2D eigenvalue weighted by Gasteiger charge is 2.01. The molecule has 0 bridgehead atoms. The van der Waals surface area contributed by atoms with Crippen LogP contribution in [0.5, 0.6) is 5.75 Å². The van der Waals surface area contributed by atoms with Crippen molar-refractivity contribution < 1.29 is 5.11 Å². The molecule has 0 radical (unpaired) electrons. The Morgan fingerprint density at radius 3 is 2.75 bits per heavy atom. The first kappa shape index (κ1) is 9.33. The van der Waals surface area contributed by atoms with Gasteiger partial charge in [0.05, 0.1) is 0 Å². The lowest BCUT2D eigenvalue weighted by atomic mass is 10.0. The van der Waals surface area contributed by atoms with Crippen LogP contribution in [0.4, 0.5) is 0 Å². The molecule has 0 amide bonds. The van der Waals surface area contributed by atoms with E-state index in [1.807, 2.05) is 13.0 Å². The molecule has 0 aromatic heterocycles. The number of allylic oxidation sites excluding steroid dienone is 1. The minimum absolute atomic E-state index is 0.304. The molecule has 1 nitrogen and oxygen atoms in total. The summed E-state index contributed by atoms with van der Waals surface area (Å²) in [6.45, 7) is 5.87. The summed E-state index contributed by atoms with van der Waals surface area (Å²) in [6.07, 6.45) is 0. The number of aromatic hydroxyl groups is 1. The number of rotatable bonds is 2. The Labute approximate surface area is 80.9 Å². The molecule has 0 aliphatic heterocycles. The second-order valence-corrected chi connectivity index (χ2v) is 3.30. The topological polar surface area (TPSA) is 20.2 Å². The second kappa shape index (κ2) is 3.76. The van der Waals surface area contributed by atoms with Gasteiger partial charge in [-0.25, -0.2) is 0 Å². The van der Waals surface area contributed by atoms with Crippen LogP contribution in [0.2, 0.25) is 0 Å². The van der Waals surface area contributed by atoms with Crippen LogP contribution in [0.25, 0.3) is 5.57 Å². The van der Waals surface area contributed by atoms with Gasteiger partial charge >= 0.3 is 0 Å². The van der Waals surface area contributed by atoms with E-state index in [1.54, 1.807) is 12.1 Å². The molecule has 0 fully saturated rings. The van der Waals surface area contributed by atoms with Gasteiger partial charge < -0.3 is 5.11 Å². The maximum Gasteiger partial charge on any atom is 0.115 e. The number of hydrogen-bond acceptors (Lipinski definition) is 1. The van der Waals surface area contributed by atoms with E-state index in [-0.39, 0.29) is 0 Å². The summed E-state index contributed by atoms with van der Waals surface area (Å²) in [5.74, 6) is 0.304. The predicted molar refractivity (Wildman–Crippen MR) is 55.7 cm³/mol. The Kier molecular flexibility index (Phi) is 2.93. The van der Waals surface area contributed by atoms with Gasteiger partial charge in [-0.3, -0.25) is 0 Å². The molecule has 1 rings (SSSR count). The quantitative estimate of drug-likeness (QED) is 0.769. The van der Waals surface area contributed by atoms with Crippen molar-refractivity contribution in [3.05, 3.63) is 35.9 Å². The van der Waals surface area contributed by atoms with Gasteiger partial charge in [0.2, 0.25) is 0 Å². The third-order valence-corrected chi connectivity index (χ3v) is 2.43. The van der Waals surface area contributed by atoms with Crippen molar-refractivity contribution in [2.24, 2.45) is 0 Å². The average molecular weight is 227 g/mol. The van der Waals surface area contributed by atoms with Crippen molar-refractivity contribution in [1.82, 2.24) is 0 Å². The van der Waals surface area contributed by atoms with Gasteiger partial charge in [0.1, 0.15) is 5.75 Å². The van der Waals surface area contributed by atoms with Crippen LogP contribution in [-0.2, 0) is 0 Å². The van der Waals surface area contributed by atoms with Crippen LogP contribution in [0.15, 0.2) is 24.8 Å². The van der Waals surface area contributed by atoms with Crippen LogP contribution in [-0.4, -0.2) is 10.4 Å². The van der Waals surface area contributed by atoms with Crippen molar-refractivity contribution in [2.75, 3.05) is 5.33 Å².